The van der Waals surface area contributed by atoms with Crippen LogP contribution in [-0.4, -0.2) is 6.54 Å². The summed E-state index contributed by atoms with van der Waals surface area (Å²) in [6, 6.07) is 5.76. The maximum Gasteiger partial charge on any atom is 0.135 e. The number of furan rings is 1. The van der Waals surface area contributed by atoms with Crippen molar-refractivity contribution in [3.05, 3.63) is 33.5 Å². The van der Waals surface area contributed by atoms with E-state index in [1.165, 1.54) is 0 Å². The van der Waals surface area contributed by atoms with E-state index in [9.17, 15) is 0 Å². The highest BCUT2D eigenvalue weighted by Crippen LogP contribution is 2.32. The predicted molar refractivity (Wildman–Crippen MR) is 61.7 cm³/mol. The molecule has 1 aromatic heterocycles. The summed E-state index contributed by atoms with van der Waals surface area (Å²) >= 11 is 9.53. The van der Waals surface area contributed by atoms with E-state index in [0.717, 1.165) is 21.2 Å². The van der Waals surface area contributed by atoms with Gasteiger partial charge in [0.25, 0.3) is 0 Å². The van der Waals surface area contributed by atoms with Crippen LogP contribution in [0.4, 0.5) is 0 Å². The van der Waals surface area contributed by atoms with Crippen molar-refractivity contribution in [2.24, 2.45) is 5.73 Å². The highest BCUT2D eigenvalue weighted by molar-refractivity contribution is 9.10. The Labute approximate surface area is 95.1 Å². The van der Waals surface area contributed by atoms with Crippen LogP contribution in [0.15, 0.2) is 27.1 Å². The molecule has 2 aromatic rings. The zero-order valence-electron chi connectivity index (χ0n) is 7.39. The van der Waals surface area contributed by atoms with Crippen molar-refractivity contribution in [3.63, 3.8) is 0 Å². The molecule has 0 saturated carbocycles. The standard InChI is InChI=1S/C10H9BrClNO/c11-6-1-2-8-7(5-6)10(12)9(14-8)3-4-13/h1-2,5H,3-4,13H2. The Kier molecular flexibility index (Phi) is 2.81. The zero-order chi connectivity index (χ0) is 10.1. The molecule has 0 amide bonds. The Bertz CT molecular complexity index is 466. The van der Waals surface area contributed by atoms with Crippen LogP contribution in [0.3, 0.4) is 0 Å². The van der Waals surface area contributed by atoms with Gasteiger partial charge in [-0.2, -0.15) is 0 Å². The lowest BCUT2D eigenvalue weighted by atomic mass is 10.2. The normalized spacial score (nSPS) is 11.1. The van der Waals surface area contributed by atoms with E-state index in [2.05, 4.69) is 15.9 Å². The van der Waals surface area contributed by atoms with E-state index in [1.54, 1.807) is 0 Å². The molecular weight excluding hydrogens is 265 g/mol. The number of rotatable bonds is 2. The fraction of sp³-hybridized carbons (Fsp3) is 0.200. The van der Waals surface area contributed by atoms with Crippen molar-refractivity contribution in [2.45, 2.75) is 6.42 Å². The number of benzene rings is 1. The van der Waals surface area contributed by atoms with Gasteiger partial charge >= 0.3 is 0 Å². The van der Waals surface area contributed by atoms with Crippen LogP contribution in [0.2, 0.25) is 5.02 Å². The topological polar surface area (TPSA) is 39.2 Å². The van der Waals surface area contributed by atoms with Crippen LogP contribution in [0, 0.1) is 0 Å². The molecule has 2 N–H and O–H groups in total. The van der Waals surface area contributed by atoms with E-state index in [4.69, 9.17) is 21.8 Å². The summed E-state index contributed by atoms with van der Waals surface area (Å²) in [5, 5.41) is 1.61. The van der Waals surface area contributed by atoms with E-state index in [0.29, 0.717) is 18.0 Å². The first-order chi connectivity index (χ1) is 6.72. The molecule has 14 heavy (non-hydrogen) atoms. The fourth-order valence-corrected chi connectivity index (χ4v) is 2.02. The number of hydrogen-bond donors (Lipinski definition) is 1. The molecule has 0 spiro atoms. The molecule has 1 heterocycles. The lowest BCUT2D eigenvalue weighted by molar-refractivity contribution is 0.550. The first kappa shape index (κ1) is 10.0. The molecule has 0 aliphatic rings. The van der Waals surface area contributed by atoms with Crippen molar-refractivity contribution >= 4 is 38.5 Å². The minimum absolute atomic E-state index is 0.542. The smallest absolute Gasteiger partial charge is 0.135 e. The van der Waals surface area contributed by atoms with E-state index >= 15 is 0 Å². The summed E-state index contributed by atoms with van der Waals surface area (Å²) in [6.45, 7) is 0.542. The predicted octanol–water partition coefficient (Wildman–Crippen LogP) is 3.35. The van der Waals surface area contributed by atoms with Gasteiger partial charge in [0.2, 0.25) is 0 Å². The Hall–Kier alpha value is -0.510. The largest absolute Gasteiger partial charge is 0.459 e. The zero-order valence-corrected chi connectivity index (χ0v) is 9.73. The van der Waals surface area contributed by atoms with Crippen LogP contribution < -0.4 is 5.73 Å². The summed E-state index contributed by atoms with van der Waals surface area (Å²) in [6.07, 6.45) is 0.672. The third-order valence-electron chi connectivity index (χ3n) is 2.03. The highest BCUT2D eigenvalue weighted by Gasteiger charge is 2.11. The lowest BCUT2D eigenvalue weighted by Crippen LogP contribution is -2.01. The molecule has 0 radical (unpaired) electrons. The molecule has 1 aromatic carbocycles. The average Bonchev–Trinajstić information content (AvgIpc) is 2.46. The van der Waals surface area contributed by atoms with Crippen LogP contribution >= 0.6 is 27.5 Å². The SMILES string of the molecule is NCCc1oc2ccc(Br)cc2c1Cl. The first-order valence-electron chi connectivity index (χ1n) is 4.29. The minimum atomic E-state index is 0.542. The van der Waals surface area contributed by atoms with Crippen LogP contribution in [0.25, 0.3) is 11.0 Å². The Morgan fingerprint density at radius 2 is 2.21 bits per heavy atom. The van der Waals surface area contributed by atoms with Gasteiger partial charge in [-0.15, -0.1) is 0 Å². The van der Waals surface area contributed by atoms with Crippen LogP contribution in [0.1, 0.15) is 5.76 Å². The molecule has 0 aliphatic heterocycles. The van der Waals surface area contributed by atoms with E-state index in [-0.39, 0.29) is 0 Å². The van der Waals surface area contributed by atoms with Crippen molar-refractivity contribution < 1.29 is 4.42 Å². The molecule has 0 saturated heterocycles. The van der Waals surface area contributed by atoms with Crippen molar-refractivity contribution in [3.8, 4) is 0 Å². The minimum Gasteiger partial charge on any atom is -0.459 e. The summed E-state index contributed by atoms with van der Waals surface area (Å²) < 4.78 is 6.55. The average molecular weight is 275 g/mol. The molecular formula is C10H9BrClNO. The number of fused-ring (bicyclic) bond motifs is 1. The van der Waals surface area contributed by atoms with Gasteiger partial charge in [0, 0.05) is 16.3 Å². The fourth-order valence-electron chi connectivity index (χ4n) is 1.38. The Morgan fingerprint density at radius 1 is 1.43 bits per heavy atom. The van der Waals surface area contributed by atoms with Gasteiger partial charge in [-0.25, -0.2) is 0 Å². The van der Waals surface area contributed by atoms with Gasteiger partial charge in [-0.05, 0) is 24.7 Å². The molecule has 0 fully saturated rings. The number of halogens is 2. The molecule has 0 aliphatic carbocycles. The van der Waals surface area contributed by atoms with Gasteiger partial charge < -0.3 is 10.2 Å². The summed E-state index contributed by atoms with van der Waals surface area (Å²) in [7, 11) is 0. The second-order valence-corrected chi connectivity index (χ2v) is 4.31. The molecule has 2 nitrogen and oxygen atoms in total. The third kappa shape index (κ3) is 1.67. The van der Waals surface area contributed by atoms with Gasteiger partial charge in [0.05, 0.1) is 5.02 Å². The van der Waals surface area contributed by atoms with Crippen molar-refractivity contribution in [2.75, 3.05) is 6.54 Å². The highest BCUT2D eigenvalue weighted by atomic mass is 79.9. The van der Waals surface area contributed by atoms with Crippen LogP contribution in [0.5, 0.6) is 0 Å². The molecule has 74 valence electrons. The molecule has 4 heteroatoms. The third-order valence-corrected chi connectivity index (χ3v) is 2.94. The quantitative estimate of drug-likeness (QED) is 0.912. The molecule has 0 bridgehead atoms. The summed E-state index contributed by atoms with van der Waals surface area (Å²) in [5.41, 5.74) is 6.26. The number of hydrogen-bond acceptors (Lipinski definition) is 2. The monoisotopic (exact) mass is 273 g/mol. The number of nitrogens with two attached hydrogens (primary N) is 1. The molecule has 0 atom stereocenters. The summed E-state index contributed by atoms with van der Waals surface area (Å²) in [5.74, 6) is 0.766. The maximum atomic E-state index is 6.14. The second-order valence-electron chi connectivity index (χ2n) is 3.02. The Balaban J connectivity index is 2.62. The first-order valence-corrected chi connectivity index (χ1v) is 5.46. The van der Waals surface area contributed by atoms with Crippen LogP contribution in [-0.2, 0) is 6.42 Å². The van der Waals surface area contributed by atoms with E-state index < -0.39 is 0 Å². The van der Waals surface area contributed by atoms with Gasteiger partial charge in [0.15, 0.2) is 0 Å². The maximum absolute atomic E-state index is 6.14. The van der Waals surface area contributed by atoms with E-state index in [1.807, 2.05) is 18.2 Å². The van der Waals surface area contributed by atoms with Gasteiger partial charge in [0.1, 0.15) is 11.3 Å². The van der Waals surface area contributed by atoms with Gasteiger partial charge in [-0.1, -0.05) is 27.5 Å². The lowest BCUT2D eigenvalue weighted by Gasteiger charge is -1.91. The summed E-state index contributed by atoms with van der Waals surface area (Å²) in [4.78, 5) is 0. The van der Waals surface area contributed by atoms with Crippen molar-refractivity contribution in [1.29, 1.82) is 0 Å². The van der Waals surface area contributed by atoms with Gasteiger partial charge in [-0.3, -0.25) is 0 Å². The molecule has 0 unspecified atom stereocenters. The Morgan fingerprint density at radius 3 is 2.93 bits per heavy atom. The second kappa shape index (κ2) is 3.93. The molecule has 2 rings (SSSR count). The van der Waals surface area contributed by atoms with Crippen molar-refractivity contribution in [1.82, 2.24) is 0 Å².